The number of halogens is 3. The fourth-order valence-corrected chi connectivity index (χ4v) is 2.34. The number of aryl methyl sites for hydroxylation is 1. The molecule has 1 heterocycles. The molecule has 1 aromatic heterocycles. The maximum absolute atomic E-state index is 12.5. The molecule has 0 saturated carbocycles. The Hall–Kier alpha value is -3.36. The number of nitrogens with zero attached hydrogens (tertiary/aromatic N) is 2. The van der Waals surface area contributed by atoms with Gasteiger partial charge in [0.2, 0.25) is 5.82 Å². The molecule has 1 N–H and O–H groups in total. The molecule has 6 nitrogen and oxygen atoms in total. The zero-order valence-electron chi connectivity index (χ0n) is 14.3. The molecular weight excluding hydrogens is 363 g/mol. The minimum atomic E-state index is -4.71. The van der Waals surface area contributed by atoms with E-state index in [1.54, 1.807) is 12.1 Å². The number of anilines is 1. The van der Waals surface area contributed by atoms with Crippen LogP contribution >= 0.6 is 0 Å². The first-order valence-corrected chi connectivity index (χ1v) is 7.75. The molecule has 0 fully saturated rings. The normalized spacial score (nSPS) is 11.3. The van der Waals surface area contributed by atoms with E-state index in [-0.39, 0.29) is 5.82 Å². The molecule has 0 aliphatic rings. The van der Waals surface area contributed by atoms with Crippen molar-refractivity contribution in [2.24, 2.45) is 0 Å². The Balaban J connectivity index is 1.78. The van der Waals surface area contributed by atoms with Crippen LogP contribution in [-0.4, -0.2) is 23.2 Å². The van der Waals surface area contributed by atoms with Crippen LogP contribution < -0.4 is 10.1 Å². The van der Waals surface area contributed by atoms with E-state index in [4.69, 9.17) is 4.74 Å². The van der Waals surface area contributed by atoms with Gasteiger partial charge >= 0.3 is 12.1 Å². The summed E-state index contributed by atoms with van der Waals surface area (Å²) in [4.78, 5) is 15.7. The maximum Gasteiger partial charge on any atom is 0.471 e. The number of amides is 1. The first-order valence-electron chi connectivity index (χ1n) is 7.75. The summed E-state index contributed by atoms with van der Waals surface area (Å²) < 4.78 is 47.0. The van der Waals surface area contributed by atoms with Crippen LogP contribution in [0.3, 0.4) is 0 Å². The third-order valence-corrected chi connectivity index (χ3v) is 3.68. The third-order valence-electron chi connectivity index (χ3n) is 3.68. The van der Waals surface area contributed by atoms with Gasteiger partial charge in [-0.3, -0.25) is 4.79 Å². The van der Waals surface area contributed by atoms with Gasteiger partial charge in [-0.05, 0) is 36.8 Å². The SMILES string of the molecule is COc1ccc(C)cc1NC(=O)c1ccc(-c2noc(C(F)(F)F)n2)cc1. The van der Waals surface area contributed by atoms with Crippen LogP contribution in [0.1, 0.15) is 21.8 Å². The zero-order chi connectivity index (χ0) is 19.6. The van der Waals surface area contributed by atoms with Crippen LogP contribution in [0.2, 0.25) is 0 Å². The first-order chi connectivity index (χ1) is 12.8. The standard InChI is InChI=1S/C18H14F3N3O3/c1-10-3-8-14(26-2)13(9-10)22-16(25)12-6-4-11(5-7-12)15-23-17(27-24-15)18(19,20)21/h3-9H,1-2H3,(H,22,25). The summed E-state index contributed by atoms with van der Waals surface area (Å²) in [5.41, 5.74) is 2.05. The van der Waals surface area contributed by atoms with E-state index in [1.165, 1.54) is 31.4 Å². The minimum absolute atomic E-state index is 0.213. The summed E-state index contributed by atoms with van der Waals surface area (Å²) in [7, 11) is 1.50. The lowest BCUT2D eigenvalue weighted by Crippen LogP contribution is -2.12. The van der Waals surface area contributed by atoms with E-state index in [2.05, 4.69) is 20.0 Å². The molecule has 0 aliphatic carbocycles. The molecular formula is C18H14F3N3O3. The molecule has 9 heteroatoms. The van der Waals surface area contributed by atoms with Crippen LogP contribution in [-0.2, 0) is 6.18 Å². The van der Waals surface area contributed by atoms with Crippen molar-refractivity contribution in [2.75, 3.05) is 12.4 Å². The van der Waals surface area contributed by atoms with Crippen molar-refractivity contribution in [2.45, 2.75) is 13.1 Å². The van der Waals surface area contributed by atoms with Gasteiger partial charge in [-0.1, -0.05) is 23.4 Å². The predicted molar refractivity (Wildman–Crippen MR) is 90.4 cm³/mol. The quantitative estimate of drug-likeness (QED) is 0.733. The number of ether oxygens (including phenoxy) is 1. The van der Waals surface area contributed by atoms with Gasteiger partial charge in [0.05, 0.1) is 12.8 Å². The zero-order valence-corrected chi connectivity index (χ0v) is 14.3. The van der Waals surface area contributed by atoms with Gasteiger partial charge in [0.25, 0.3) is 5.91 Å². The molecule has 0 radical (unpaired) electrons. The van der Waals surface area contributed by atoms with Crippen molar-refractivity contribution in [1.82, 2.24) is 10.1 Å². The summed E-state index contributed by atoms with van der Waals surface area (Å²) in [6.07, 6.45) is -4.71. The molecule has 0 unspecified atom stereocenters. The van der Waals surface area contributed by atoms with Gasteiger partial charge in [0.15, 0.2) is 0 Å². The molecule has 0 spiro atoms. The predicted octanol–water partition coefficient (Wildman–Crippen LogP) is 4.32. The third kappa shape index (κ3) is 4.08. The van der Waals surface area contributed by atoms with Gasteiger partial charge in [-0.2, -0.15) is 18.2 Å². The molecule has 0 atom stereocenters. The van der Waals surface area contributed by atoms with Gasteiger partial charge in [0, 0.05) is 11.1 Å². The molecule has 27 heavy (non-hydrogen) atoms. The number of hydrogen-bond acceptors (Lipinski definition) is 5. The topological polar surface area (TPSA) is 77.2 Å². The molecule has 0 saturated heterocycles. The Morgan fingerprint density at radius 2 is 1.85 bits per heavy atom. The Kier molecular flexibility index (Phi) is 4.85. The molecule has 3 rings (SSSR count). The van der Waals surface area contributed by atoms with Crippen molar-refractivity contribution in [3.63, 3.8) is 0 Å². The molecule has 3 aromatic rings. The summed E-state index contributed by atoms with van der Waals surface area (Å²) in [5.74, 6) is -1.52. The van der Waals surface area contributed by atoms with Crippen molar-refractivity contribution in [3.05, 3.63) is 59.5 Å². The number of nitrogens with one attached hydrogen (secondary N) is 1. The summed E-state index contributed by atoms with van der Waals surface area (Å²) >= 11 is 0. The van der Waals surface area contributed by atoms with E-state index in [9.17, 15) is 18.0 Å². The van der Waals surface area contributed by atoms with Gasteiger partial charge in [-0.25, -0.2) is 0 Å². The Bertz CT molecular complexity index is 966. The Morgan fingerprint density at radius 1 is 1.15 bits per heavy atom. The molecule has 1 amide bonds. The highest BCUT2D eigenvalue weighted by molar-refractivity contribution is 6.05. The fraction of sp³-hybridized carbons (Fsp3) is 0.167. The first kappa shape index (κ1) is 18.4. The number of rotatable bonds is 4. The second-order valence-corrected chi connectivity index (χ2v) is 5.66. The lowest BCUT2D eigenvalue weighted by atomic mass is 10.1. The number of methoxy groups -OCH3 is 1. The number of alkyl halides is 3. The lowest BCUT2D eigenvalue weighted by molar-refractivity contribution is -0.159. The van der Waals surface area contributed by atoms with Gasteiger partial charge in [0.1, 0.15) is 5.75 Å². The molecule has 140 valence electrons. The number of carbonyl (C=O) groups excluding carboxylic acids is 1. The van der Waals surface area contributed by atoms with E-state index in [0.29, 0.717) is 22.6 Å². The number of hydrogen-bond donors (Lipinski definition) is 1. The fourth-order valence-electron chi connectivity index (χ4n) is 2.34. The molecule has 2 aromatic carbocycles. The van der Waals surface area contributed by atoms with E-state index < -0.39 is 18.0 Å². The second kappa shape index (κ2) is 7.10. The highest BCUT2D eigenvalue weighted by Gasteiger charge is 2.38. The van der Waals surface area contributed by atoms with E-state index in [0.717, 1.165) is 5.56 Å². The number of benzene rings is 2. The highest BCUT2D eigenvalue weighted by Crippen LogP contribution is 2.29. The van der Waals surface area contributed by atoms with Crippen molar-refractivity contribution >= 4 is 11.6 Å². The summed E-state index contributed by atoms with van der Waals surface area (Å²) in [6.45, 7) is 1.88. The van der Waals surface area contributed by atoms with Crippen molar-refractivity contribution in [1.29, 1.82) is 0 Å². The van der Waals surface area contributed by atoms with Crippen LogP contribution in [0.25, 0.3) is 11.4 Å². The Morgan fingerprint density at radius 3 is 2.44 bits per heavy atom. The highest BCUT2D eigenvalue weighted by atomic mass is 19.4. The minimum Gasteiger partial charge on any atom is -0.495 e. The lowest BCUT2D eigenvalue weighted by Gasteiger charge is -2.11. The molecule has 0 aliphatic heterocycles. The van der Waals surface area contributed by atoms with Crippen LogP contribution in [0.15, 0.2) is 47.0 Å². The van der Waals surface area contributed by atoms with Gasteiger partial charge < -0.3 is 14.6 Å². The van der Waals surface area contributed by atoms with Crippen LogP contribution in [0.4, 0.5) is 18.9 Å². The van der Waals surface area contributed by atoms with E-state index >= 15 is 0 Å². The average molecular weight is 377 g/mol. The van der Waals surface area contributed by atoms with E-state index in [1.807, 2.05) is 13.0 Å². The van der Waals surface area contributed by atoms with Crippen molar-refractivity contribution in [3.8, 4) is 17.1 Å². The summed E-state index contributed by atoms with van der Waals surface area (Å²) in [5, 5.41) is 6.04. The average Bonchev–Trinajstić information content (AvgIpc) is 3.12. The van der Waals surface area contributed by atoms with Gasteiger partial charge in [-0.15, -0.1) is 0 Å². The molecule has 0 bridgehead atoms. The maximum atomic E-state index is 12.5. The smallest absolute Gasteiger partial charge is 0.471 e. The van der Waals surface area contributed by atoms with Crippen LogP contribution in [0.5, 0.6) is 5.75 Å². The largest absolute Gasteiger partial charge is 0.495 e. The monoisotopic (exact) mass is 377 g/mol. The summed E-state index contributed by atoms with van der Waals surface area (Å²) in [6, 6.07) is 11.1. The Labute approximate surface area is 152 Å². The number of aromatic nitrogens is 2. The van der Waals surface area contributed by atoms with Crippen LogP contribution in [0, 0.1) is 6.92 Å². The van der Waals surface area contributed by atoms with Crippen molar-refractivity contribution < 1.29 is 27.2 Å². The second-order valence-electron chi connectivity index (χ2n) is 5.66. The number of carbonyl (C=O) groups is 1.